The third-order valence-electron chi connectivity index (χ3n) is 3.30. The van der Waals surface area contributed by atoms with Gasteiger partial charge in [-0.3, -0.25) is 0 Å². The SMILES string of the molecule is CNc1ccc(OC)c(OC2CCCCC2)c1. The van der Waals surface area contributed by atoms with Crippen molar-refractivity contribution in [2.75, 3.05) is 19.5 Å². The molecule has 0 atom stereocenters. The van der Waals surface area contributed by atoms with Crippen molar-refractivity contribution in [3.63, 3.8) is 0 Å². The van der Waals surface area contributed by atoms with Gasteiger partial charge in [-0.2, -0.15) is 0 Å². The van der Waals surface area contributed by atoms with Crippen molar-refractivity contribution in [1.29, 1.82) is 0 Å². The van der Waals surface area contributed by atoms with Crippen LogP contribution in [0.4, 0.5) is 5.69 Å². The maximum absolute atomic E-state index is 6.05. The van der Waals surface area contributed by atoms with Crippen molar-refractivity contribution < 1.29 is 9.47 Å². The van der Waals surface area contributed by atoms with E-state index in [9.17, 15) is 0 Å². The Bertz CT molecular complexity index is 359. The fraction of sp³-hybridized carbons (Fsp3) is 0.571. The molecule has 0 unspecified atom stereocenters. The zero-order chi connectivity index (χ0) is 12.1. The molecule has 0 spiro atoms. The summed E-state index contributed by atoms with van der Waals surface area (Å²) in [4.78, 5) is 0. The number of methoxy groups -OCH3 is 1. The van der Waals surface area contributed by atoms with E-state index in [1.807, 2.05) is 25.2 Å². The second-order valence-corrected chi connectivity index (χ2v) is 4.49. The van der Waals surface area contributed by atoms with Gasteiger partial charge in [0.1, 0.15) is 0 Å². The molecule has 3 heteroatoms. The van der Waals surface area contributed by atoms with Crippen LogP contribution in [0.5, 0.6) is 11.5 Å². The minimum atomic E-state index is 0.352. The molecule has 1 N–H and O–H groups in total. The van der Waals surface area contributed by atoms with Gasteiger partial charge in [-0.25, -0.2) is 0 Å². The highest BCUT2D eigenvalue weighted by Crippen LogP contribution is 2.33. The van der Waals surface area contributed by atoms with Crippen LogP contribution in [0.15, 0.2) is 18.2 Å². The summed E-state index contributed by atoms with van der Waals surface area (Å²) in [6.07, 6.45) is 6.56. The van der Waals surface area contributed by atoms with E-state index in [0.717, 1.165) is 30.0 Å². The highest BCUT2D eigenvalue weighted by atomic mass is 16.5. The normalized spacial score (nSPS) is 16.6. The van der Waals surface area contributed by atoms with Gasteiger partial charge in [-0.1, -0.05) is 6.42 Å². The minimum absolute atomic E-state index is 0.352. The molecule has 1 saturated carbocycles. The highest BCUT2D eigenvalue weighted by molar-refractivity contribution is 5.54. The lowest BCUT2D eigenvalue weighted by Gasteiger charge is -2.24. The van der Waals surface area contributed by atoms with Gasteiger partial charge >= 0.3 is 0 Å². The molecule has 0 radical (unpaired) electrons. The van der Waals surface area contributed by atoms with Gasteiger partial charge in [0, 0.05) is 18.8 Å². The second kappa shape index (κ2) is 5.80. The monoisotopic (exact) mass is 235 g/mol. The molecule has 0 aromatic heterocycles. The van der Waals surface area contributed by atoms with Gasteiger partial charge in [0.05, 0.1) is 13.2 Å². The zero-order valence-corrected chi connectivity index (χ0v) is 10.7. The fourth-order valence-corrected chi connectivity index (χ4v) is 2.29. The first kappa shape index (κ1) is 12.1. The van der Waals surface area contributed by atoms with Crippen LogP contribution in [0.2, 0.25) is 0 Å². The summed E-state index contributed by atoms with van der Waals surface area (Å²) in [5.74, 6) is 1.67. The molecule has 0 saturated heterocycles. The largest absolute Gasteiger partial charge is 0.493 e. The van der Waals surface area contributed by atoms with Crippen molar-refractivity contribution in [2.45, 2.75) is 38.2 Å². The van der Waals surface area contributed by atoms with Crippen LogP contribution in [0, 0.1) is 0 Å². The van der Waals surface area contributed by atoms with Crippen molar-refractivity contribution in [2.24, 2.45) is 0 Å². The van der Waals surface area contributed by atoms with Crippen LogP contribution >= 0.6 is 0 Å². The molecule has 1 aliphatic rings. The first-order valence-corrected chi connectivity index (χ1v) is 6.36. The van der Waals surface area contributed by atoms with E-state index in [1.54, 1.807) is 7.11 Å². The lowest BCUT2D eigenvalue weighted by Crippen LogP contribution is -2.19. The number of nitrogens with one attached hydrogen (secondary N) is 1. The molecule has 1 aromatic carbocycles. The first-order valence-electron chi connectivity index (χ1n) is 6.36. The summed E-state index contributed by atoms with van der Waals surface area (Å²) < 4.78 is 11.4. The quantitative estimate of drug-likeness (QED) is 0.867. The number of anilines is 1. The maximum Gasteiger partial charge on any atom is 0.163 e. The molecular formula is C14H21NO2. The summed E-state index contributed by atoms with van der Waals surface area (Å²) in [6, 6.07) is 5.95. The van der Waals surface area contributed by atoms with E-state index >= 15 is 0 Å². The highest BCUT2D eigenvalue weighted by Gasteiger charge is 2.17. The number of benzene rings is 1. The van der Waals surface area contributed by atoms with Gasteiger partial charge in [0.15, 0.2) is 11.5 Å². The van der Waals surface area contributed by atoms with Crippen molar-refractivity contribution in [3.8, 4) is 11.5 Å². The van der Waals surface area contributed by atoms with Crippen LogP contribution < -0.4 is 14.8 Å². The number of rotatable bonds is 4. The molecule has 2 rings (SSSR count). The van der Waals surface area contributed by atoms with Gasteiger partial charge in [0.2, 0.25) is 0 Å². The van der Waals surface area contributed by atoms with E-state index in [4.69, 9.17) is 9.47 Å². The number of ether oxygens (including phenoxy) is 2. The summed E-state index contributed by atoms with van der Waals surface area (Å²) in [6.45, 7) is 0. The molecule has 1 fully saturated rings. The Balaban J connectivity index is 2.11. The van der Waals surface area contributed by atoms with Crippen LogP contribution in [-0.4, -0.2) is 20.3 Å². The van der Waals surface area contributed by atoms with Crippen LogP contribution in [-0.2, 0) is 0 Å². The predicted molar refractivity (Wildman–Crippen MR) is 70.0 cm³/mol. The molecule has 0 bridgehead atoms. The molecule has 0 amide bonds. The molecule has 0 aliphatic heterocycles. The Morgan fingerprint density at radius 1 is 1.12 bits per heavy atom. The minimum Gasteiger partial charge on any atom is -0.493 e. The van der Waals surface area contributed by atoms with E-state index < -0.39 is 0 Å². The Hall–Kier alpha value is -1.38. The predicted octanol–water partition coefficient (Wildman–Crippen LogP) is 3.45. The molecular weight excluding hydrogens is 214 g/mol. The van der Waals surface area contributed by atoms with E-state index in [0.29, 0.717) is 6.10 Å². The van der Waals surface area contributed by atoms with E-state index in [-0.39, 0.29) is 0 Å². The molecule has 3 nitrogen and oxygen atoms in total. The van der Waals surface area contributed by atoms with Crippen molar-refractivity contribution in [3.05, 3.63) is 18.2 Å². The summed E-state index contributed by atoms with van der Waals surface area (Å²) >= 11 is 0. The maximum atomic E-state index is 6.05. The summed E-state index contributed by atoms with van der Waals surface area (Å²) in [5.41, 5.74) is 1.05. The number of hydrogen-bond acceptors (Lipinski definition) is 3. The second-order valence-electron chi connectivity index (χ2n) is 4.49. The molecule has 94 valence electrons. The topological polar surface area (TPSA) is 30.5 Å². The third kappa shape index (κ3) is 3.05. The van der Waals surface area contributed by atoms with Crippen LogP contribution in [0.1, 0.15) is 32.1 Å². The smallest absolute Gasteiger partial charge is 0.163 e. The van der Waals surface area contributed by atoms with Gasteiger partial charge in [-0.15, -0.1) is 0 Å². The third-order valence-corrected chi connectivity index (χ3v) is 3.30. The molecule has 17 heavy (non-hydrogen) atoms. The Morgan fingerprint density at radius 2 is 1.88 bits per heavy atom. The summed E-state index contributed by atoms with van der Waals surface area (Å²) in [5, 5.41) is 3.12. The molecule has 1 aromatic rings. The van der Waals surface area contributed by atoms with E-state index in [1.165, 1.54) is 19.3 Å². The van der Waals surface area contributed by atoms with Crippen LogP contribution in [0.25, 0.3) is 0 Å². The Morgan fingerprint density at radius 3 is 2.53 bits per heavy atom. The molecule has 1 aliphatic carbocycles. The van der Waals surface area contributed by atoms with Crippen LogP contribution in [0.3, 0.4) is 0 Å². The van der Waals surface area contributed by atoms with E-state index in [2.05, 4.69) is 5.32 Å². The van der Waals surface area contributed by atoms with Crippen molar-refractivity contribution >= 4 is 5.69 Å². The van der Waals surface area contributed by atoms with Gasteiger partial charge in [0.25, 0.3) is 0 Å². The average Bonchev–Trinajstić information content (AvgIpc) is 2.40. The Labute approximate surface area is 103 Å². The van der Waals surface area contributed by atoms with Gasteiger partial charge in [-0.05, 0) is 37.8 Å². The number of hydrogen-bond donors (Lipinski definition) is 1. The fourth-order valence-electron chi connectivity index (χ4n) is 2.29. The summed E-state index contributed by atoms with van der Waals surface area (Å²) in [7, 11) is 3.59. The molecule has 0 heterocycles. The lowest BCUT2D eigenvalue weighted by atomic mass is 9.98. The first-order chi connectivity index (χ1) is 8.33. The van der Waals surface area contributed by atoms with Crippen molar-refractivity contribution in [1.82, 2.24) is 0 Å². The average molecular weight is 235 g/mol. The standard InChI is InChI=1S/C14H21NO2/c1-15-11-8-9-13(16-2)14(10-11)17-12-6-4-3-5-7-12/h8-10,12,15H,3-7H2,1-2H3. The Kier molecular flexibility index (Phi) is 4.13. The zero-order valence-electron chi connectivity index (χ0n) is 10.7. The lowest BCUT2D eigenvalue weighted by molar-refractivity contribution is 0.149. The van der Waals surface area contributed by atoms with Gasteiger partial charge < -0.3 is 14.8 Å².